The van der Waals surface area contributed by atoms with Gasteiger partial charge in [0.2, 0.25) is 0 Å². The summed E-state index contributed by atoms with van der Waals surface area (Å²) in [4.78, 5) is 25.3. The summed E-state index contributed by atoms with van der Waals surface area (Å²) < 4.78 is 11.3. The van der Waals surface area contributed by atoms with E-state index in [9.17, 15) is 9.59 Å². The highest BCUT2D eigenvalue weighted by atomic mass is 16.5. The van der Waals surface area contributed by atoms with Crippen LogP contribution in [0.5, 0.6) is 11.5 Å². The van der Waals surface area contributed by atoms with E-state index in [2.05, 4.69) is 10.6 Å². The zero-order chi connectivity index (χ0) is 24.0. The Kier molecular flexibility index (Phi) is 7.72. The van der Waals surface area contributed by atoms with Crippen LogP contribution in [0.4, 0.5) is 11.4 Å². The third kappa shape index (κ3) is 6.13. The Morgan fingerprint density at radius 3 is 2.18 bits per heavy atom. The van der Waals surface area contributed by atoms with Crippen LogP contribution in [0.1, 0.15) is 40.9 Å². The SMILES string of the molecule is CCOc1ccccc1NC(=O)c1ccc(OC(C)C(=O)Nc2c(C)cc(C)cc2C)cc1. The maximum Gasteiger partial charge on any atom is 0.265 e. The summed E-state index contributed by atoms with van der Waals surface area (Å²) in [6, 6.07) is 18.0. The number of para-hydroxylation sites is 2. The molecular formula is C27H30N2O4. The maximum atomic E-state index is 12.7. The lowest BCUT2D eigenvalue weighted by atomic mass is 10.0. The third-order valence-corrected chi connectivity index (χ3v) is 5.16. The monoisotopic (exact) mass is 446 g/mol. The van der Waals surface area contributed by atoms with Gasteiger partial charge in [0.05, 0.1) is 12.3 Å². The number of carbonyl (C=O) groups excluding carboxylic acids is 2. The van der Waals surface area contributed by atoms with Crippen molar-refractivity contribution < 1.29 is 19.1 Å². The molecule has 0 saturated heterocycles. The molecule has 0 spiro atoms. The first kappa shape index (κ1) is 23.9. The van der Waals surface area contributed by atoms with E-state index in [0.717, 1.165) is 22.4 Å². The predicted molar refractivity (Wildman–Crippen MR) is 131 cm³/mol. The summed E-state index contributed by atoms with van der Waals surface area (Å²) in [5.41, 5.74) is 5.05. The molecule has 3 rings (SSSR count). The van der Waals surface area contributed by atoms with Crippen molar-refractivity contribution in [3.63, 3.8) is 0 Å². The van der Waals surface area contributed by atoms with Crippen LogP contribution in [0, 0.1) is 20.8 Å². The summed E-state index contributed by atoms with van der Waals surface area (Å²) in [7, 11) is 0. The van der Waals surface area contributed by atoms with E-state index in [0.29, 0.717) is 29.4 Å². The van der Waals surface area contributed by atoms with Gasteiger partial charge in [0, 0.05) is 11.3 Å². The number of hydrogen-bond acceptors (Lipinski definition) is 4. The molecule has 0 heterocycles. The largest absolute Gasteiger partial charge is 0.492 e. The normalized spacial score (nSPS) is 11.4. The fourth-order valence-corrected chi connectivity index (χ4v) is 3.59. The van der Waals surface area contributed by atoms with Crippen molar-refractivity contribution >= 4 is 23.2 Å². The van der Waals surface area contributed by atoms with Gasteiger partial charge < -0.3 is 20.1 Å². The number of aryl methyl sites for hydroxylation is 3. The fraction of sp³-hybridized carbons (Fsp3) is 0.259. The molecule has 0 bridgehead atoms. The molecule has 172 valence electrons. The Morgan fingerprint density at radius 2 is 1.55 bits per heavy atom. The van der Waals surface area contributed by atoms with Gasteiger partial charge in [-0.05, 0) is 82.1 Å². The number of hydrogen-bond donors (Lipinski definition) is 2. The van der Waals surface area contributed by atoms with Gasteiger partial charge >= 0.3 is 0 Å². The minimum Gasteiger partial charge on any atom is -0.492 e. The molecule has 33 heavy (non-hydrogen) atoms. The van der Waals surface area contributed by atoms with Gasteiger partial charge in [-0.1, -0.05) is 29.8 Å². The van der Waals surface area contributed by atoms with E-state index in [4.69, 9.17) is 9.47 Å². The number of anilines is 2. The van der Waals surface area contributed by atoms with Gasteiger partial charge in [0.1, 0.15) is 11.5 Å². The van der Waals surface area contributed by atoms with Crippen LogP contribution in [-0.2, 0) is 4.79 Å². The molecule has 0 radical (unpaired) electrons. The molecule has 0 saturated carbocycles. The van der Waals surface area contributed by atoms with E-state index >= 15 is 0 Å². The van der Waals surface area contributed by atoms with E-state index in [-0.39, 0.29) is 11.8 Å². The summed E-state index contributed by atoms with van der Waals surface area (Å²) in [5.74, 6) is 0.623. The zero-order valence-electron chi connectivity index (χ0n) is 19.7. The predicted octanol–water partition coefficient (Wildman–Crippen LogP) is 5.67. The molecule has 0 aliphatic rings. The number of carbonyl (C=O) groups is 2. The molecule has 1 atom stereocenters. The minimum atomic E-state index is -0.706. The number of ether oxygens (including phenoxy) is 2. The quantitative estimate of drug-likeness (QED) is 0.467. The Hall–Kier alpha value is -3.80. The first-order valence-electron chi connectivity index (χ1n) is 11.0. The van der Waals surface area contributed by atoms with Gasteiger partial charge in [-0.2, -0.15) is 0 Å². The Labute approximate surface area is 194 Å². The summed E-state index contributed by atoms with van der Waals surface area (Å²) in [6.45, 7) is 10.1. The summed E-state index contributed by atoms with van der Waals surface area (Å²) in [5, 5.41) is 5.82. The van der Waals surface area contributed by atoms with E-state index in [1.807, 2.05) is 58.0 Å². The van der Waals surface area contributed by atoms with Crippen molar-refractivity contribution in [3.05, 3.63) is 82.9 Å². The molecule has 0 aliphatic heterocycles. The van der Waals surface area contributed by atoms with Gasteiger partial charge in [0.15, 0.2) is 6.10 Å². The highest BCUT2D eigenvalue weighted by Crippen LogP contribution is 2.25. The standard InChI is InChI=1S/C27H30N2O4/c1-6-32-24-10-8-7-9-23(24)28-27(31)21-11-13-22(14-12-21)33-20(5)26(30)29-25-18(3)15-17(2)16-19(25)4/h7-16,20H,6H2,1-5H3,(H,28,31)(H,29,30). The van der Waals surface area contributed by atoms with Gasteiger partial charge in [-0.15, -0.1) is 0 Å². The van der Waals surface area contributed by atoms with Crippen molar-refractivity contribution in [2.75, 3.05) is 17.2 Å². The molecule has 6 heteroatoms. The third-order valence-electron chi connectivity index (χ3n) is 5.16. The van der Waals surface area contributed by atoms with Crippen LogP contribution >= 0.6 is 0 Å². The first-order chi connectivity index (χ1) is 15.8. The van der Waals surface area contributed by atoms with Crippen LogP contribution in [0.15, 0.2) is 60.7 Å². The average molecular weight is 447 g/mol. The molecular weight excluding hydrogens is 416 g/mol. The van der Waals surface area contributed by atoms with E-state index < -0.39 is 6.10 Å². The van der Waals surface area contributed by atoms with E-state index in [1.54, 1.807) is 37.3 Å². The second-order valence-corrected chi connectivity index (χ2v) is 7.93. The fourth-order valence-electron chi connectivity index (χ4n) is 3.59. The molecule has 6 nitrogen and oxygen atoms in total. The van der Waals surface area contributed by atoms with Gasteiger partial charge in [-0.25, -0.2) is 0 Å². The molecule has 0 aliphatic carbocycles. The molecule has 2 N–H and O–H groups in total. The van der Waals surface area contributed by atoms with E-state index in [1.165, 1.54) is 0 Å². The summed E-state index contributed by atoms with van der Waals surface area (Å²) >= 11 is 0. The van der Waals surface area contributed by atoms with Crippen LogP contribution < -0.4 is 20.1 Å². The Morgan fingerprint density at radius 1 is 0.909 bits per heavy atom. The van der Waals surface area contributed by atoms with Gasteiger partial charge in [-0.3, -0.25) is 9.59 Å². The molecule has 2 amide bonds. The van der Waals surface area contributed by atoms with Crippen molar-refractivity contribution in [1.29, 1.82) is 0 Å². The lowest BCUT2D eigenvalue weighted by Gasteiger charge is -2.18. The zero-order valence-corrected chi connectivity index (χ0v) is 19.7. The smallest absolute Gasteiger partial charge is 0.265 e. The van der Waals surface area contributed by atoms with Crippen molar-refractivity contribution in [3.8, 4) is 11.5 Å². The van der Waals surface area contributed by atoms with Crippen LogP contribution in [0.3, 0.4) is 0 Å². The highest BCUT2D eigenvalue weighted by Gasteiger charge is 2.17. The van der Waals surface area contributed by atoms with Crippen molar-refractivity contribution in [2.45, 2.75) is 40.7 Å². The number of amides is 2. The maximum absolute atomic E-state index is 12.7. The second-order valence-electron chi connectivity index (χ2n) is 7.93. The average Bonchev–Trinajstić information content (AvgIpc) is 2.78. The second kappa shape index (κ2) is 10.7. The minimum absolute atomic E-state index is 0.237. The van der Waals surface area contributed by atoms with Crippen molar-refractivity contribution in [2.24, 2.45) is 0 Å². The molecule has 0 fully saturated rings. The molecule has 3 aromatic rings. The summed E-state index contributed by atoms with van der Waals surface area (Å²) in [6.07, 6.45) is -0.706. The molecule has 0 aromatic heterocycles. The molecule has 1 unspecified atom stereocenters. The lowest BCUT2D eigenvalue weighted by Crippen LogP contribution is -2.30. The van der Waals surface area contributed by atoms with Crippen LogP contribution in [-0.4, -0.2) is 24.5 Å². The number of nitrogens with one attached hydrogen (secondary N) is 2. The number of benzene rings is 3. The first-order valence-corrected chi connectivity index (χ1v) is 11.0. The Balaban J connectivity index is 1.62. The Bertz CT molecular complexity index is 1120. The lowest BCUT2D eigenvalue weighted by molar-refractivity contribution is -0.122. The highest BCUT2D eigenvalue weighted by molar-refractivity contribution is 6.05. The van der Waals surface area contributed by atoms with Gasteiger partial charge in [0.25, 0.3) is 11.8 Å². The van der Waals surface area contributed by atoms with Crippen LogP contribution in [0.25, 0.3) is 0 Å². The van der Waals surface area contributed by atoms with Crippen molar-refractivity contribution in [1.82, 2.24) is 0 Å². The topological polar surface area (TPSA) is 76.7 Å². The van der Waals surface area contributed by atoms with Crippen LogP contribution in [0.2, 0.25) is 0 Å². The number of rotatable bonds is 8. The molecule has 3 aromatic carbocycles.